The van der Waals surface area contributed by atoms with Crippen LogP contribution >= 0.6 is 11.3 Å². The maximum atomic E-state index is 11.2. The Kier molecular flexibility index (Phi) is 4.67. The molecule has 2 aromatic rings. The first-order chi connectivity index (χ1) is 11.4. The number of nitrogens with two attached hydrogens (primary N) is 1. The highest BCUT2D eigenvalue weighted by atomic mass is 32.1. The first kappa shape index (κ1) is 17.0. The lowest BCUT2D eigenvalue weighted by molar-refractivity contribution is -0.277. The molecule has 2 heterocycles. The third kappa shape index (κ3) is 3.07. The number of fused-ring (bicyclic) bond motifs is 1. The molecule has 1 aliphatic heterocycles. The fourth-order valence-electron chi connectivity index (χ4n) is 2.38. The van der Waals surface area contributed by atoms with Gasteiger partial charge in [0.25, 0.3) is 5.91 Å². The molecule has 3 rings (SSSR count). The van der Waals surface area contributed by atoms with E-state index in [1.54, 1.807) is 18.2 Å². The molecular formula is C14H16N2O7S. The van der Waals surface area contributed by atoms with Crippen molar-refractivity contribution < 1.29 is 34.7 Å². The molecule has 0 spiro atoms. The molecule has 130 valence electrons. The zero-order valence-corrected chi connectivity index (χ0v) is 13.1. The number of benzene rings is 1. The number of ether oxygens (including phenoxy) is 2. The number of hydrogen-bond donors (Lipinski definition) is 5. The van der Waals surface area contributed by atoms with Gasteiger partial charge in [-0.15, -0.1) is 11.3 Å². The zero-order valence-electron chi connectivity index (χ0n) is 12.3. The molecular weight excluding hydrogens is 340 g/mol. The maximum Gasteiger partial charge on any atom is 0.277 e. The summed E-state index contributed by atoms with van der Waals surface area (Å²) in [7, 11) is 0. The van der Waals surface area contributed by atoms with Gasteiger partial charge in [-0.25, -0.2) is 4.98 Å². The Balaban J connectivity index is 1.82. The minimum absolute atomic E-state index is 0.162. The van der Waals surface area contributed by atoms with Crippen molar-refractivity contribution >= 4 is 27.5 Å². The van der Waals surface area contributed by atoms with E-state index in [0.717, 1.165) is 11.3 Å². The van der Waals surface area contributed by atoms with Crippen LogP contribution in [0.1, 0.15) is 9.80 Å². The van der Waals surface area contributed by atoms with Crippen LogP contribution in [0, 0.1) is 0 Å². The summed E-state index contributed by atoms with van der Waals surface area (Å²) in [5, 5.41) is 38.8. The van der Waals surface area contributed by atoms with Gasteiger partial charge >= 0.3 is 0 Å². The summed E-state index contributed by atoms with van der Waals surface area (Å²) in [6, 6.07) is 4.74. The first-order valence-electron chi connectivity index (χ1n) is 7.08. The van der Waals surface area contributed by atoms with Crippen LogP contribution in [-0.4, -0.2) is 68.6 Å². The molecule has 0 saturated carbocycles. The summed E-state index contributed by atoms with van der Waals surface area (Å²) in [6.45, 7) is -0.541. The molecule has 9 nitrogen and oxygen atoms in total. The fourth-order valence-corrected chi connectivity index (χ4v) is 3.23. The quantitative estimate of drug-likeness (QED) is 0.447. The van der Waals surface area contributed by atoms with Crippen molar-refractivity contribution in [1.29, 1.82) is 0 Å². The van der Waals surface area contributed by atoms with Gasteiger partial charge in [-0.3, -0.25) is 4.79 Å². The van der Waals surface area contributed by atoms with E-state index < -0.39 is 43.2 Å². The summed E-state index contributed by atoms with van der Waals surface area (Å²) in [6.07, 6.45) is -6.80. The maximum absolute atomic E-state index is 11.2. The molecule has 1 aromatic heterocycles. The van der Waals surface area contributed by atoms with Crippen LogP contribution in [-0.2, 0) is 4.74 Å². The van der Waals surface area contributed by atoms with E-state index in [-0.39, 0.29) is 5.01 Å². The molecule has 1 saturated heterocycles. The van der Waals surface area contributed by atoms with Gasteiger partial charge < -0.3 is 35.6 Å². The van der Waals surface area contributed by atoms with Crippen LogP contribution in [0.3, 0.4) is 0 Å². The number of aromatic nitrogens is 1. The van der Waals surface area contributed by atoms with Gasteiger partial charge in [0.05, 0.1) is 16.8 Å². The van der Waals surface area contributed by atoms with Gasteiger partial charge in [0, 0.05) is 0 Å². The number of carbonyl (C=O) groups is 1. The van der Waals surface area contributed by atoms with E-state index in [1.165, 1.54) is 0 Å². The Hall–Kier alpha value is -1.82. The predicted octanol–water partition coefficient (Wildman–Crippen LogP) is -1.43. The van der Waals surface area contributed by atoms with Gasteiger partial charge in [0.2, 0.25) is 6.29 Å². The van der Waals surface area contributed by atoms with Gasteiger partial charge in [0.15, 0.2) is 5.01 Å². The largest absolute Gasteiger partial charge is 0.462 e. The molecule has 24 heavy (non-hydrogen) atoms. The van der Waals surface area contributed by atoms with E-state index in [2.05, 4.69) is 4.98 Å². The molecule has 0 bridgehead atoms. The molecule has 1 aromatic carbocycles. The molecule has 0 radical (unpaired) electrons. The lowest BCUT2D eigenvalue weighted by Crippen LogP contribution is -2.60. The van der Waals surface area contributed by atoms with Crippen molar-refractivity contribution in [2.24, 2.45) is 5.73 Å². The number of primary amides is 1. The summed E-state index contributed by atoms with van der Waals surface area (Å²) >= 11 is 1.09. The van der Waals surface area contributed by atoms with Gasteiger partial charge in [-0.1, -0.05) is 0 Å². The predicted molar refractivity (Wildman–Crippen MR) is 82.5 cm³/mol. The van der Waals surface area contributed by atoms with Gasteiger partial charge in [-0.05, 0) is 18.2 Å². The number of hydrogen-bond acceptors (Lipinski definition) is 9. The first-order valence-corrected chi connectivity index (χ1v) is 7.90. The highest BCUT2D eigenvalue weighted by Crippen LogP contribution is 2.29. The normalized spacial score (nSPS) is 30.4. The number of rotatable bonds is 4. The Labute approximate surface area is 139 Å². The molecule has 6 N–H and O–H groups in total. The van der Waals surface area contributed by atoms with Crippen LogP contribution in [0.4, 0.5) is 0 Å². The highest BCUT2D eigenvalue weighted by Gasteiger charge is 2.44. The van der Waals surface area contributed by atoms with E-state index in [0.29, 0.717) is 16.0 Å². The number of amides is 1. The topological polar surface area (TPSA) is 155 Å². The highest BCUT2D eigenvalue weighted by molar-refractivity contribution is 7.20. The van der Waals surface area contributed by atoms with Gasteiger partial charge in [0.1, 0.15) is 30.2 Å². The number of thiazole rings is 1. The lowest BCUT2D eigenvalue weighted by Gasteiger charge is -2.39. The molecule has 1 fully saturated rings. The number of aliphatic hydroxyl groups is 4. The van der Waals surface area contributed by atoms with E-state index >= 15 is 0 Å². The third-order valence-electron chi connectivity index (χ3n) is 3.67. The second-order valence-electron chi connectivity index (χ2n) is 5.33. The molecule has 0 aliphatic carbocycles. The van der Waals surface area contributed by atoms with Crippen molar-refractivity contribution in [1.82, 2.24) is 4.98 Å². The fraction of sp³-hybridized carbons (Fsp3) is 0.429. The average molecular weight is 356 g/mol. The van der Waals surface area contributed by atoms with E-state index in [9.17, 15) is 20.1 Å². The zero-order chi connectivity index (χ0) is 17.4. The van der Waals surface area contributed by atoms with Crippen LogP contribution in [0.5, 0.6) is 5.75 Å². The monoisotopic (exact) mass is 356 g/mol. The third-order valence-corrected chi connectivity index (χ3v) is 4.70. The van der Waals surface area contributed by atoms with Crippen molar-refractivity contribution in [2.45, 2.75) is 30.7 Å². The van der Waals surface area contributed by atoms with Crippen LogP contribution < -0.4 is 10.5 Å². The minimum Gasteiger partial charge on any atom is -0.462 e. The Morgan fingerprint density at radius 3 is 2.71 bits per heavy atom. The Bertz CT molecular complexity index is 750. The van der Waals surface area contributed by atoms with E-state index in [1.807, 2.05) is 0 Å². The van der Waals surface area contributed by atoms with Crippen molar-refractivity contribution in [3.63, 3.8) is 0 Å². The minimum atomic E-state index is -1.52. The summed E-state index contributed by atoms with van der Waals surface area (Å²) in [4.78, 5) is 15.2. The summed E-state index contributed by atoms with van der Waals surface area (Å²) in [5.41, 5.74) is 5.76. The average Bonchev–Trinajstić information content (AvgIpc) is 2.99. The van der Waals surface area contributed by atoms with E-state index in [4.69, 9.17) is 20.3 Å². The number of carbonyl (C=O) groups excluding carboxylic acids is 1. The van der Waals surface area contributed by atoms with Crippen LogP contribution in [0.25, 0.3) is 10.2 Å². The number of aliphatic hydroxyl groups excluding tert-OH is 4. The Morgan fingerprint density at radius 2 is 2.04 bits per heavy atom. The lowest BCUT2D eigenvalue weighted by atomic mass is 9.99. The molecule has 1 amide bonds. The summed E-state index contributed by atoms with van der Waals surface area (Å²) < 4.78 is 11.4. The van der Waals surface area contributed by atoms with Crippen LogP contribution in [0.15, 0.2) is 18.2 Å². The molecule has 5 atom stereocenters. The second-order valence-corrected chi connectivity index (χ2v) is 6.36. The molecule has 10 heteroatoms. The number of nitrogens with zero attached hydrogens (tertiary/aromatic N) is 1. The summed E-state index contributed by atoms with van der Waals surface area (Å²) in [5.74, 6) is -0.334. The van der Waals surface area contributed by atoms with Crippen LogP contribution in [0.2, 0.25) is 0 Å². The van der Waals surface area contributed by atoms with Gasteiger partial charge in [-0.2, -0.15) is 0 Å². The SMILES string of the molecule is NC(=O)c1nc2ccc(O[C@@H]3OC(CO)[C@@H](O)[C@H](O)C3O)cc2s1. The molecule has 2 unspecified atom stereocenters. The molecule has 1 aliphatic rings. The van der Waals surface area contributed by atoms with Crippen molar-refractivity contribution in [3.8, 4) is 5.75 Å². The Morgan fingerprint density at radius 1 is 1.29 bits per heavy atom. The second kappa shape index (κ2) is 6.59. The standard InChI is InChI=1S/C14H16N2O7S/c15-12(21)13-16-6-2-1-5(3-8(6)24-13)22-14-11(20)10(19)9(18)7(4-17)23-14/h1-3,7,9-11,14,17-20H,4H2,(H2,15,21)/t7?,9-,10+,11?,14-/m1/s1. The smallest absolute Gasteiger partial charge is 0.277 e. The van der Waals surface area contributed by atoms with Crippen molar-refractivity contribution in [2.75, 3.05) is 6.61 Å². The van der Waals surface area contributed by atoms with Crippen molar-refractivity contribution in [3.05, 3.63) is 23.2 Å².